The van der Waals surface area contributed by atoms with Crippen molar-refractivity contribution < 1.29 is 4.74 Å². The van der Waals surface area contributed by atoms with Gasteiger partial charge in [0.15, 0.2) is 0 Å². The molecule has 1 fully saturated rings. The number of nitrogens with two attached hydrogens (primary N) is 1. The Kier molecular flexibility index (Phi) is 5.61. The van der Waals surface area contributed by atoms with E-state index in [0.717, 1.165) is 43.9 Å². The maximum absolute atomic E-state index is 5.86. The standard InChI is InChI=1S/C15H25N3O/c1-2-10-19-15-4-3-8-18(12-15)9-7-14-6-5-13(16)11-17-14/h5-6,11,15H,2-4,7-10,12,16H2,1H3. The van der Waals surface area contributed by atoms with E-state index >= 15 is 0 Å². The van der Waals surface area contributed by atoms with Crippen molar-refractivity contribution in [2.24, 2.45) is 0 Å². The second-order valence-corrected chi connectivity index (χ2v) is 5.27. The fraction of sp³-hybridized carbons (Fsp3) is 0.667. The number of rotatable bonds is 6. The van der Waals surface area contributed by atoms with E-state index in [0.29, 0.717) is 6.10 Å². The van der Waals surface area contributed by atoms with Gasteiger partial charge in [0, 0.05) is 31.8 Å². The molecule has 0 bridgehead atoms. The zero-order chi connectivity index (χ0) is 13.5. The first kappa shape index (κ1) is 14.3. The van der Waals surface area contributed by atoms with E-state index in [1.54, 1.807) is 6.20 Å². The van der Waals surface area contributed by atoms with Crippen molar-refractivity contribution in [3.05, 3.63) is 24.0 Å². The number of nitrogens with zero attached hydrogens (tertiary/aromatic N) is 2. The number of anilines is 1. The van der Waals surface area contributed by atoms with Gasteiger partial charge >= 0.3 is 0 Å². The van der Waals surface area contributed by atoms with Crippen LogP contribution in [0.3, 0.4) is 0 Å². The van der Waals surface area contributed by atoms with Gasteiger partial charge in [-0.3, -0.25) is 4.98 Å². The van der Waals surface area contributed by atoms with E-state index in [2.05, 4.69) is 16.8 Å². The quantitative estimate of drug-likeness (QED) is 0.854. The molecule has 0 radical (unpaired) electrons. The largest absolute Gasteiger partial charge is 0.397 e. The van der Waals surface area contributed by atoms with E-state index in [4.69, 9.17) is 10.5 Å². The first-order valence-corrected chi connectivity index (χ1v) is 7.32. The van der Waals surface area contributed by atoms with Crippen LogP contribution in [0.15, 0.2) is 18.3 Å². The predicted octanol–water partition coefficient (Wildman–Crippen LogP) is 2.10. The average molecular weight is 263 g/mol. The summed E-state index contributed by atoms with van der Waals surface area (Å²) in [5.41, 5.74) is 7.49. The third kappa shape index (κ3) is 4.80. The summed E-state index contributed by atoms with van der Waals surface area (Å²) in [7, 11) is 0. The van der Waals surface area contributed by atoms with Gasteiger partial charge in [-0.2, -0.15) is 0 Å². The number of aromatic nitrogens is 1. The third-order valence-electron chi connectivity index (χ3n) is 3.55. The average Bonchev–Trinajstić information content (AvgIpc) is 2.45. The van der Waals surface area contributed by atoms with Crippen LogP contribution in [-0.2, 0) is 11.2 Å². The monoisotopic (exact) mass is 263 g/mol. The molecule has 0 saturated carbocycles. The third-order valence-corrected chi connectivity index (χ3v) is 3.55. The molecule has 106 valence electrons. The Labute approximate surface area is 116 Å². The van der Waals surface area contributed by atoms with Gasteiger partial charge in [0.1, 0.15) is 0 Å². The number of ether oxygens (including phenoxy) is 1. The minimum absolute atomic E-state index is 0.424. The Bertz CT molecular complexity index is 366. The van der Waals surface area contributed by atoms with Gasteiger partial charge in [0.25, 0.3) is 0 Å². The molecule has 1 saturated heterocycles. The molecule has 4 heteroatoms. The Morgan fingerprint density at radius 3 is 3.11 bits per heavy atom. The molecule has 0 aliphatic carbocycles. The Hall–Kier alpha value is -1.13. The second kappa shape index (κ2) is 7.46. The van der Waals surface area contributed by atoms with Crippen LogP contribution in [0.1, 0.15) is 31.9 Å². The molecule has 1 aromatic heterocycles. The molecule has 4 nitrogen and oxygen atoms in total. The van der Waals surface area contributed by atoms with E-state index < -0.39 is 0 Å². The molecule has 1 aliphatic rings. The maximum Gasteiger partial charge on any atom is 0.0702 e. The minimum Gasteiger partial charge on any atom is -0.397 e. The van der Waals surface area contributed by atoms with Crippen molar-refractivity contribution in [2.45, 2.75) is 38.7 Å². The summed E-state index contributed by atoms with van der Waals surface area (Å²) in [5, 5.41) is 0. The molecule has 19 heavy (non-hydrogen) atoms. The van der Waals surface area contributed by atoms with Gasteiger partial charge in [-0.1, -0.05) is 6.92 Å². The molecule has 0 amide bonds. The molecular formula is C15H25N3O. The smallest absolute Gasteiger partial charge is 0.0702 e. The lowest BCUT2D eigenvalue weighted by atomic mass is 10.1. The molecule has 0 aromatic carbocycles. The van der Waals surface area contributed by atoms with Crippen molar-refractivity contribution >= 4 is 5.69 Å². The highest BCUT2D eigenvalue weighted by Crippen LogP contribution is 2.14. The zero-order valence-corrected chi connectivity index (χ0v) is 11.8. The Morgan fingerprint density at radius 2 is 2.37 bits per heavy atom. The van der Waals surface area contributed by atoms with Crippen molar-refractivity contribution in [3.63, 3.8) is 0 Å². The van der Waals surface area contributed by atoms with Gasteiger partial charge in [-0.25, -0.2) is 0 Å². The zero-order valence-electron chi connectivity index (χ0n) is 11.8. The number of piperidine rings is 1. The Morgan fingerprint density at radius 1 is 1.47 bits per heavy atom. The van der Waals surface area contributed by atoms with E-state index in [-0.39, 0.29) is 0 Å². The topological polar surface area (TPSA) is 51.4 Å². The van der Waals surface area contributed by atoms with Gasteiger partial charge in [-0.05, 0) is 37.9 Å². The lowest BCUT2D eigenvalue weighted by Gasteiger charge is -2.32. The number of nitrogen functional groups attached to an aromatic ring is 1. The van der Waals surface area contributed by atoms with Crippen molar-refractivity contribution in [2.75, 3.05) is 32.0 Å². The van der Waals surface area contributed by atoms with Crippen LogP contribution in [0, 0.1) is 0 Å². The highest BCUT2D eigenvalue weighted by molar-refractivity contribution is 5.34. The SMILES string of the molecule is CCCOC1CCCN(CCc2ccc(N)cn2)C1. The molecule has 2 heterocycles. The summed E-state index contributed by atoms with van der Waals surface area (Å²) in [5.74, 6) is 0. The molecular weight excluding hydrogens is 238 g/mol. The summed E-state index contributed by atoms with van der Waals surface area (Å²) in [6.45, 7) is 6.35. The molecule has 2 N–H and O–H groups in total. The van der Waals surface area contributed by atoms with Gasteiger partial charge in [0.2, 0.25) is 0 Å². The fourth-order valence-corrected chi connectivity index (χ4v) is 2.49. The molecule has 1 aromatic rings. The van der Waals surface area contributed by atoms with Crippen molar-refractivity contribution in [1.29, 1.82) is 0 Å². The van der Waals surface area contributed by atoms with E-state index in [1.807, 2.05) is 12.1 Å². The Balaban J connectivity index is 1.74. The van der Waals surface area contributed by atoms with Crippen LogP contribution in [0.5, 0.6) is 0 Å². The van der Waals surface area contributed by atoms with Crippen LogP contribution < -0.4 is 5.73 Å². The van der Waals surface area contributed by atoms with Crippen LogP contribution in [0.4, 0.5) is 5.69 Å². The van der Waals surface area contributed by atoms with Crippen molar-refractivity contribution in [3.8, 4) is 0 Å². The summed E-state index contributed by atoms with van der Waals surface area (Å²) in [6, 6.07) is 3.94. The summed E-state index contributed by atoms with van der Waals surface area (Å²) in [4.78, 5) is 6.84. The predicted molar refractivity (Wildman–Crippen MR) is 78.1 cm³/mol. The lowest BCUT2D eigenvalue weighted by Crippen LogP contribution is -2.40. The van der Waals surface area contributed by atoms with E-state index in [9.17, 15) is 0 Å². The second-order valence-electron chi connectivity index (χ2n) is 5.27. The minimum atomic E-state index is 0.424. The fourth-order valence-electron chi connectivity index (χ4n) is 2.49. The van der Waals surface area contributed by atoms with Crippen molar-refractivity contribution in [1.82, 2.24) is 9.88 Å². The van der Waals surface area contributed by atoms with Crippen LogP contribution in [0.25, 0.3) is 0 Å². The molecule has 1 atom stereocenters. The molecule has 2 rings (SSSR count). The normalized spacial score (nSPS) is 20.6. The highest BCUT2D eigenvalue weighted by Gasteiger charge is 2.19. The molecule has 0 spiro atoms. The first-order chi connectivity index (χ1) is 9.28. The van der Waals surface area contributed by atoms with E-state index in [1.165, 1.54) is 19.4 Å². The number of pyridine rings is 1. The number of likely N-dealkylation sites (tertiary alicyclic amines) is 1. The van der Waals surface area contributed by atoms with Gasteiger partial charge < -0.3 is 15.4 Å². The van der Waals surface area contributed by atoms with Crippen LogP contribution >= 0.6 is 0 Å². The summed E-state index contributed by atoms with van der Waals surface area (Å²) in [6.07, 6.45) is 6.69. The molecule has 1 aliphatic heterocycles. The lowest BCUT2D eigenvalue weighted by molar-refractivity contribution is 0.000271. The first-order valence-electron chi connectivity index (χ1n) is 7.32. The number of hydrogen-bond donors (Lipinski definition) is 1. The van der Waals surface area contributed by atoms with Gasteiger partial charge in [-0.15, -0.1) is 0 Å². The maximum atomic E-state index is 5.86. The van der Waals surface area contributed by atoms with Crippen LogP contribution in [0.2, 0.25) is 0 Å². The summed E-state index contributed by atoms with van der Waals surface area (Å²) >= 11 is 0. The molecule has 1 unspecified atom stereocenters. The summed E-state index contributed by atoms with van der Waals surface area (Å²) < 4.78 is 5.86. The van der Waals surface area contributed by atoms with Crippen LogP contribution in [-0.4, -0.2) is 42.2 Å². The number of hydrogen-bond acceptors (Lipinski definition) is 4. The highest BCUT2D eigenvalue weighted by atomic mass is 16.5. The van der Waals surface area contributed by atoms with Gasteiger partial charge in [0.05, 0.1) is 18.0 Å².